The lowest BCUT2D eigenvalue weighted by Gasteiger charge is -2.26. The molecule has 2 aromatic rings. The van der Waals surface area contributed by atoms with Gasteiger partial charge in [0.2, 0.25) is 0 Å². The van der Waals surface area contributed by atoms with Crippen LogP contribution in [0.2, 0.25) is 0 Å². The van der Waals surface area contributed by atoms with Crippen molar-refractivity contribution in [2.75, 3.05) is 44.4 Å². The zero-order valence-electron chi connectivity index (χ0n) is 18.5. The van der Waals surface area contributed by atoms with Crippen LogP contribution in [0.4, 0.5) is 10.1 Å². The van der Waals surface area contributed by atoms with Crippen LogP contribution < -0.4 is 14.4 Å². The molecule has 2 fully saturated rings. The van der Waals surface area contributed by atoms with Crippen LogP contribution in [0.15, 0.2) is 47.4 Å². The lowest BCUT2D eigenvalue weighted by Crippen LogP contribution is -2.43. The van der Waals surface area contributed by atoms with E-state index in [-0.39, 0.29) is 22.5 Å². The number of amides is 2. The van der Waals surface area contributed by atoms with Gasteiger partial charge in [-0.05, 0) is 42.8 Å². The molecule has 0 aliphatic carbocycles. The van der Waals surface area contributed by atoms with Crippen LogP contribution in [0.25, 0.3) is 6.08 Å². The fourth-order valence-electron chi connectivity index (χ4n) is 3.51. The molecule has 4 rings (SSSR count). The first kappa shape index (κ1) is 24.2. The average Bonchev–Trinajstić information content (AvgIpc) is 3.12. The SMILES string of the molecule is CCOc1cc(/C=C2/SC(=S)N(c3ccccc3F)C2=O)ccc1OCC(=O)N1CCOCC1. The molecular weight excluding hydrogens is 479 g/mol. The first-order valence-corrected chi connectivity index (χ1v) is 12.0. The van der Waals surface area contributed by atoms with Crippen LogP contribution in [-0.4, -0.2) is 60.6 Å². The van der Waals surface area contributed by atoms with Gasteiger partial charge < -0.3 is 19.1 Å². The summed E-state index contributed by atoms with van der Waals surface area (Å²) < 4.78 is 31.2. The fourth-order valence-corrected chi connectivity index (χ4v) is 4.79. The maximum absolute atomic E-state index is 14.2. The Kier molecular flexibility index (Phi) is 7.81. The molecule has 0 radical (unpaired) electrons. The normalized spacial score (nSPS) is 17.4. The Hall–Kier alpha value is -2.95. The van der Waals surface area contributed by atoms with Crippen LogP contribution in [0.1, 0.15) is 12.5 Å². The van der Waals surface area contributed by atoms with Crippen molar-refractivity contribution in [2.24, 2.45) is 0 Å². The van der Waals surface area contributed by atoms with Gasteiger partial charge in [-0.15, -0.1) is 0 Å². The molecule has 2 aliphatic heterocycles. The molecule has 0 unspecified atom stereocenters. The molecule has 2 heterocycles. The van der Waals surface area contributed by atoms with Crippen molar-refractivity contribution in [1.82, 2.24) is 4.90 Å². The smallest absolute Gasteiger partial charge is 0.270 e. The molecule has 2 aromatic carbocycles. The van der Waals surface area contributed by atoms with Gasteiger partial charge in [-0.1, -0.05) is 42.2 Å². The highest BCUT2D eigenvalue weighted by Crippen LogP contribution is 2.38. The summed E-state index contributed by atoms with van der Waals surface area (Å²) in [5.74, 6) is -0.150. The summed E-state index contributed by atoms with van der Waals surface area (Å²) in [4.78, 5) is 28.6. The Bertz CT molecular complexity index is 1130. The molecule has 0 aromatic heterocycles. The van der Waals surface area contributed by atoms with Crippen LogP contribution in [0, 0.1) is 5.82 Å². The van der Waals surface area contributed by atoms with E-state index in [0.29, 0.717) is 54.9 Å². The van der Waals surface area contributed by atoms with E-state index in [1.54, 1.807) is 41.3 Å². The van der Waals surface area contributed by atoms with E-state index in [0.717, 1.165) is 11.8 Å². The van der Waals surface area contributed by atoms with E-state index in [2.05, 4.69) is 0 Å². The fraction of sp³-hybridized carbons (Fsp3) is 0.292. The monoisotopic (exact) mass is 502 g/mol. The van der Waals surface area contributed by atoms with Crippen LogP contribution in [0.5, 0.6) is 11.5 Å². The van der Waals surface area contributed by atoms with Gasteiger partial charge in [-0.2, -0.15) is 0 Å². The van der Waals surface area contributed by atoms with Gasteiger partial charge >= 0.3 is 0 Å². The van der Waals surface area contributed by atoms with Crippen molar-refractivity contribution in [3.63, 3.8) is 0 Å². The van der Waals surface area contributed by atoms with Crippen LogP contribution >= 0.6 is 24.0 Å². The molecule has 0 saturated carbocycles. The second-order valence-electron chi connectivity index (χ2n) is 7.39. The molecule has 7 nitrogen and oxygen atoms in total. The highest BCUT2D eigenvalue weighted by atomic mass is 32.2. The minimum Gasteiger partial charge on any atom is -0.490 e. The quantitative estimate of drug-likeness (QED) is 0.421. The van der Waals surface area contributed by atoms with Gasteiger partial charge in [-0.25, -0.2) is 4.39 Å². The number of benzene rings is 2. The molecule has 0 N–H and O–H groups in total. The number of rotatable bonds is 7. The number of morpholine rings is 1. The predicted octanol–water partition coefficient (Wildman–Crippen LogP) is 3.87. The molecule has 0 spiro atoms. The number of nitrogens with zero attached hydrogens (tertiary/aromatic N) is 2. The van der Waals surface area contributed by atoms with Crippen molar-refractivity contribution < 1.29 is 28.2 Å². The standard InChI is InChI=1S/C24H23FN2O5S2/c1-2-31-20-13-16(7-8-19(20)32-15-22(28)26-9-11-30-12-10-26)14-21-23(29)27(24(33)34-21)18-6-4-3-5-17(18)25/h3-8,13-14H,2,9-12,15H2,1H3/b21-14+. The lowest BCUT2D eigenvalue weighted by atomic mass is 10.1. The number of halogens is 1. The molecular formula is C24H23FN2O5S2. The van der Waals surface area contributed by atoms with Gasteiger partial charge in [0.05, 0.1) is 30.4 Å². The third kappa shape index (κ3) is 5.40. The van der Waals surface area contributed by atoms with Crippen molar-refractivity contribution in [2.45, 2.75) is 6.92 Å². The van der Waals surface area contributed by atoms with Crippen molar-refractivity contribution in [3.05, 3.63) is 58.8 Å². The summed E-state index contributed by atoms with van der Waals surface area (Å²) in [6, 6.07) is 11.2. The number of hydrogen-bond acceptors (Lipinski definition) is 7. The highest BCUT2D eigenvalue weighted by molar-refractivity contribution is 8.27. The number of anilines is 1. The second-order valence-corrected chi connectivity index (χ2v) is 9.07. The van der Waals surface area contributed by atoms with E-state index in [9.17, 15) is 14.0 Å². The number of para-hydroxylation sites is 1. The topological polar surface area (TPSA) is 68.3 Å². The minimum absolute atomic E-state index is 0.110. The molecule has 2 amide bonds. The van der Waals surface area contributed by atoms with Gasteiger partial charge in [0.15, 0.2) is 22.4 Å². The molecule has 2 saturated heterocycles. The second kappa shape index (κ2) is 11.0. The Morgan fingerprint density at radius 3 is 2.68 bits per heavy atom. The first-order chi connectivity index (χ1) is 16.5. The van der Waals surface area contributed by atoms with Gasteiger partial charge in [0.25, 0.3) is 11.8 Å². The number of carbonyl (C=O) groups excluding carboxylic acids is 2. The lowest BCUT2D eigenvalue weighted by molar-refractivity contribution is -0.137. The van der Waals surface area contributed by atoms with Crippen molar-refractivity contribution in [3.8, 4) is 11.5 Å². The summed E-state index contributed by atoms with van der Waals surface area (Å²) in [5, 5.41) is 0. The zero-order valence-corrected chi connectivity index (χ0v) is 20.1. The Labute approximate surface area is 206 Å². The van der Waals surface area contributed by atoms with E-state index in [4.69, 9.17) is 26.4 Å². The molecule has 34 heavy (non-hydrogen) atoms. The van der Waals surface area contributed by atoms with E-state index < -0.39 is 11.7 Å². The summed E-state index contributed by atoms with van der Waals surface area (Å²) in [7, 11) is 0. The Balaban J connectivity index is 1.50. The number of hydrogen-bond donors (Lipinski definition) is 0. The summed E-state index contributed by atoms with van der Waals surface area (Å²) in [5.41, 5.74) is 0.807. The summed E-state index contributed by atoms with van der Waals surface area (Å²) in [6.07, 6.45) is 1.67. The van der Waals surface area contributed by atoms with E-state index >= 15 is 0 Å². The third-order valence-electron chi connectivity index (χ3n) is 5.17. The predicted molar refractivity (Wildman–Crippen MR) is 133 cm³/mol. The van der Waals surface area contributed by atoms with Gasteiger partial charge in [0.1, 0.15) is 5.82 Å². The minimum atomic E-state index is -0.521. The molecule has 10 heteroatoms. The molecule has 178 valence electrons. The molecule has 0 atom stereocenters. The third-order valence-corrected chi connectivity index (χ3v) is 6.47. The first-order valence-electron chi connectivity index (χ1n) is 10.8. The largest absolute Gasteiger partial charge is 0.490 e. The van der Waals surface area contributed by atoms with Crippen LogP contribution in [-0.2, 0) is 14.3 Å². The number of ether oxygens (including phenoxy) is 3. The Morgan fingerprint density at radius 2 is 1.94 bits per heavy atom. The maximum Gasteiger partial charge on any atom is 0.270 e. The number of carbonyl (C=O) groups is 2. The van der Waals surface area contributed by atoms with Crippen molar-refractivity contribution >= 4 is 51.9 Å². The average molecular weight is 503 g/mol. The van der Waals surface area contributed by atoms with Gasteiger partial charge in [0, 0.05) is 13.1 Å². The summed E-state index contributed by atoms with van der Waals surface area (Å²) >= 11 is 6.43. The molecule has 0 bridgehead atoms. The Morgan fingerprint density at radius 1 is 1.18 bits per heavy atom. The number of thioether (sulfide) groups is 1. The summed E-state index contributed by atoms with van der Waals surface area (Å²) in [6.45, 7) is 4.26. The van der Waals surface area contributed by atoms with Gasteiger partial charge in [-0.3, -0.25) is 14.5 Å². The highest BCUT2D eigenvalue weighted by Gasteiger charge is 2.34. The zero-order chi connectivity index (χ0) is 24.1. The van der Waals surface area contributed by atoms with Crippen LogP contribution in [0.3, 0.4) is 0 Å². The van der Waals surface area contributed by atoms with E-state index in [1.165, 1.54) is 17.0 Å². The molecule has 2 aliphatic rings. The van der Waals surface area contributed by atoms with Crippen molar-refractivity contribution in [1.29, 1.82) is 0 Å². The number of thiocarbonyl (C=S) groups is 1. The van der Waals surface area contributed by atoms with E-state index in [1.807, 2.05) is 6.92 Å². The maximum atomic E-state index is 14.2.